The molecule has 0 bridgehead atoms. The summed E-state index contributed by atoms with van der Waals surface area (Å²) in [5.41, 5.74) is 2.71. The van der Waals surface area contributed by atoms with Crippen LogP contribution in [0.3, 0.4) is 0 Å². The summed E-state index contributed by atoms with van der Waals surface area (Å²) in [6.07, 6.45) is 0.427. The van der Waals surface area contributed by atoms with Gasteiger partial charge >= 0.3 is 0 Å². The highest BCUT2D eigenvalue weighted by Crippen LogP contribution is 2.47. The van der Waals surface area contributed by atoms with Crippen molar-refractivity contribution in [2.45, 2.75) is 37.6 Å². The van der Waals surface area contributed by atoms with Crippen LogP contribution < -0.4 is 5.32 Å². The molecule has 0 radical (unpaired) electrons. The zero-order valence-corrected chi connectivity index (χ0v) is 12.0. The van der Waals surface area contributed by atoms with E-state index in [4.69, 9.17) is 0 Å². The van der Waals surface area contributed by atoms with Crippen molar-refractivity contribution in [3.05, 3.63) is 65.7 Å². The molecule has 2 aromatic rings. The average Bonchev–Trinajstić information content (AvgIpc) is 2.76. The minimum Gasteiger partial charge on any atom is -0.381 e. The van der Waals surface area contributed by atoms with Crippen molar-refractivity contribution in [1.82, 2.24) is 0 Å². The maximum Gasteiger partial charge on any atom is 0.256 e. The van der Waals surface area contributed by atoms with E-state index in [2.05, 4.69) is 5.32 Å². The van der Waals surface area contributed by atoms with Gasteiger partial charge in [-0.15, -0.1) is 0 Å². The molecule has 2 atom stereocenters. The molecule has 21 heavy (non-hydrogen) atoms. The Balaban J connectivity index is 1.87. The normalized spacial score (nSPS) is 24.0. The lowest BCUT2D eigenvalue weighted by molar-refractivity contribution is -0.0101. The molecule has 0 spiro atoms. The van der Waals surface area contributed by atoms with Crippen molar-refractivity contribution in [2.24, 2.45) is 0 Å². The average molecular weight is 287 g/mol. The first-order valence-corrected chi connectivity index (χ1v) is 7.32. The highest BCUT2D eigenvalue weighted by atomic mass is 19.3. The van der Waals surface area contributed by atoms with Crippen LogP contribution in [-0.4, -0.2) is 12.0 Å². The lowest BCUT2D eigenvalue weighted by Gasteiger charge is -2.26. The van der Waals surface area contributed by atoms with E-state index in [0.29, 0.717) is 6.42 Å². The van der Waals surface area contributed by atoms with Crippen molar-refractivity contribution < 1.29 is 8.78 Å². The Morgan fingerprint density at radius 1 is 1.00 bits per heavy atom. The van der Waals surface area contributed by atoms with Gasteiger partial charge in [0.1, 0.15) is 0 Å². The fourth-order valence-electron chi connectivity index (χ4n) is 3.12. The summed E-state index contributed by atoms with van der Waals surface area (Å²) in [7, 11) is 0. The molecule has 1 N–H and O–H groups in total. The Hall–Kier alpha value is -1.90. The van der Waals surface area contributed by atoms with Crippen molar-refractivity contribution in [3.8, 4) is 0 Å². The molecule has 0 aromatic heterocycles. The third kappa shape index (κ3) is 2.92. The fourth-order valence-corrected chi connectivity index (χ4v) is 3.12. The van der Waals surface area contributed by atoms with Gasteiger partial charge in [-0.1, -0.05) is 48.0 Å². The van der Waals surface area contributed by atoms with E-state index < -0.39 is 11.8 Å². The predicted molar refractivity (Wildman–Crippen MR) is 82.0 cm³/mol. The van der Waals surface area contributed by atoms with Gasteiger partial charge in [0.05, 0.1) is 5.92 Å². The van der Waals surface area contributed by atoms with Gasteiger partial charge in [-0.25, -0.2) is 8.78 Å². The number of alkyl halides is 2. The molecule has 0 aliphatic heterocycles. The largest absolute Gasteiger partial charge is 0.381 e. The molecule has 1 aliphatic carbocycles. The number of rotatable bonds is 3. The van der Waals surface area contributed by atoms with Crippen LogP contribution in [0.15, 0.2) is 54.6 Å². The fraction of sp³-hybridized carbons (Fsp3) is 0.333. The Morgan fingerprint density at radius 2 is 1.67 bits per heavy atom. The molecule has 1 nitrogen and oxygen atoms in total. The van der Waals surface area contributed by atoms with E-state index in [-0.39, 0.29) is 12.5 Å². The molecule has 3 rings (SSSR count). The van der Waals surface area contributed by atoms with Gasteiger partial charge in [0.25, 0.3) is 5.92 Å². The Bertz CT molecular complexity index is 592. The first-order chi connectivity index (χ1) is 10.1. The lowest BCUT2D eigenvalue weighted by atomic mass is 9.91. The Labute approximate surface area is 124 Å². The standard InChI is InChI=1S/C18H19F2N/c1-13-7-9-14(10-8-13)17-16(11-12-18(17,19)20)21-15-5-3-2-4-6-15/h2-10,16-17,21H,11-12H2,1H3. The topological polar surface area (TPSA) is 12.0 Å². The maximum atomic E-state index is 14.3. The van der Waals surface area contributed by atoms with Crippen LogP contribution in [0.1, 0.15) is 29.9 Å². The smallest absolute Gasteiger partial charge is 0.256 e. The molecule has 2 aromatic carbocycles. The van der Waals surface area contributed by atoms with Gasteiger partial charge in [0, 0.05) is 18.2 Å². The van der Waals surface area contributed by atoms with E-state index in [1.54, 1.807) is 0 Å². The third-order valence-corrected chi connectivity index (χ3v) is 4.21. The van der Waals surface area contributed by atoms with E-state index >= 15 is 0 Å². The van der Waals surface area contributed by atoms with Crippen LogP contribution in [0, 0.1) is 6.92 Å². The second-order valence-corrected chi connectivity index (χ2v) is 5.80. The zero-order chi connectivity index (χ0) is 14.9. The van der Waals surface area contributed by atoms with Crippen LogP contribution in [0.2, 0.25) is 0 Å². The summed E-state index contributed by atoms with van der Waals surface area (Å²) in [5, 5.41) is 3.28. The Morgan fingerprint density at radius 3 is 2.33 bits per heavy atom. The van der Waals surface area contributed by atoms with Gasteiger partial charge in [-0.2, -0.15) is 0 Å². The number of benzene rings is 2. The van der Waals surface area contributed by atoms with Crippen molar-refractivity contribution in [2.75, 3.05) is 5.32 Å². The van der Waals surface area contributed by atoms with Crippen LogP contribution in [0.5, 0.6) is 0 Å². The summed E-state index contributed by atoms with van der Waals surface area (Å²) in [6.45, 7) is 1.97. The molecular weight excluding hydrogens is 268 g/mol. The van der Waals surface area contributed by atoms with Crippen LogP contribution in [0.25, 0.3) is 0 Å². The summed E-state index contributed by atoms with van der Waals surface area (Å²) >= 11 is 0. The summed E-state index contributed by atoms with van der Waals surface area (Å²) < 4.78 is 28.6. The number of hydrogen-bond donors (Lipinski definition) is 1. The van der Waals surface area contributed by atoms with E-state index in [9.17, 15) is 8.78 Å². The Kier molecular flexibility index (Phi) is 3.66. The summed E-state index contributed by atoms with van der Waals surface area (Å²) in [6, 6.07) is 16.8. The number of anilines is 1. The quantitative estimate of drug-likeness (QED) is 0.838. The maximum absolute atomic E-state index is 14.3. The molecule has 2 unspecified atom stereocenters. The number of nitrogens with one attached hydrogen (secondary N) is 1. The molecular formula is C18H19F2N. The van der Waals surface area contributed by atoms with Crippen molar-refractivity contribution >= 4 is 5.69 Å². The van der Waals surface area contributed by atoms with Crippen molar-refractivity contribution in [1.29, 1.82) is 0 Å². The molecule has 0 heterocycles. The third-order valence-electron chi connectivity index (χ3n) is 4.21. The second-order valence-electron chi connectivity index (χ2n) is 5.80. The zero-order valence-electron chi connectivity index (χ0n) is 12.0. The summed E-state index contributed by atoms with van der Waals surface area (Å²) in [5.74, 6) is -3.42. The van der Waals surface area contributed by atoms with Gasteiger partial charge < -0.3 is 5.32 Å². The van der Waals surface area contributed by atoms with Gasteiger partial charge in [0.2, 0.25) is 0 Å². The highest BCUT2D eigenvalue weighted by molar-refractivity contribution is 5.45. The van der Waals surface area contributed by atoms with Gasteiger partial charge in [-0.3, -0.25) is 0 Å². The predicted octanol–water partition coefficient (Wildman–Crippen LogP) is 4.99. The molecule has 1 saturated carbocycles. The minimum atomic E-state index is -2.65. The number of halogens is 2. The molecule has 1 aliphatic rings. The monoisotopic (exact) mass is 287 g/mol. The lowest BCUT2D eigenvalue weighted by Crippen LogP contribution is -2.31. The van der Waals surface area contributed by atoms with E-state index in [1.807, 2.05) is 61.5 Å². The second kappa shape index (κ2) is 5.47. The van der Waals surface area contributed by atoms with Crippen LogP contribution in [0.4, 0.5) is 14.5 Å². The highest BCUT2D eigenvalue weighted by Gasteiger charge is 2.50. The van der Waals surface area contributed by atoms with Crippen LogP contribution in [-0.2, 0) is 0 Å². The number of para-hydroxylation sites is 1. The molecule has 110 valence electrons. The number of hydrogen-bond acceptors (Lipinski definition) is 1. The molecule has 3 heteroatoms. The summed E-state index contributed by atoms with van der Waals surface area (Å²) in [4.78, 5) is 0. The van der Waals surface area contributed by atoms with Gasteiger partial charge in [-0.05, 0) is 31.0 Å². The SMILES string of the molecule is Cc1ccc(C2C(Nc3ccccc3)CCC2(F)F)cc1. The number of aryl methyl sites for hydroxylation is 1. The molecule has 0 amide bonds. The van der Waals surface area contributed by atoms with Crippen molar-refractivity contribution in [3.63, 3.8) is 0 Å². The van der Waals surface area contributed by atoms with E-state index in [1.165, 1.54) is 0 Å². The van der Waals surface area contributed by atoms with Gasteiger partial charge in [0.15, 0.2) is 0 Å². The first-order valence-electron chi connectivity index (χ1n) is 7.32. The van der Waals surface area contributed by atoms with Crippen LogP contribution >= 0.6 is 0 Å². The van der Waals surface area contributed by atoms with E-state index in [0.717, 1.165) is 16.8 Å². The first kappa shape index (κ1) is 14.1. The minimum absolute atomic E-state index is 0.0595. The molecule has 1 fully saturated rings. The molecule has 0 saturated heterocycles.